The van der Waals surface area contributed by atoms with Gasteiger partial charge in [-0.1, -0.05) is 86.1 Å². The molecular weight excluding hydrogens is 598 g/mol. The Morgan fingerprint density at radius 3 is 2.20 bits per heavy atom. The molecule has 46 heavy (non-hydrogen) atoms. The molecule has 0 aliphatic rings. The molecule has 0 spiro atoms. The third-order valence-electron chi connectivity index (χ3n) is 7.83. The molecule has 0 aliphatic heterocycles. The Hall–Kier alpha value is -4.63. The van der Waals surface area contributed by atoms with Gasteiger partial charge in [0.15, 0.2) is 0 Å². The molecule has 8 nitrogen and oxygen atoms in total. The van der Waals surface area contributed by atoms with Gasteiger partial charge in [-0.2, -0.15) is 0 Å². The SMILES string of the molecule is CCCCNC(=O)[C@H](Cc1ccccc1)N(Cc1cccc(OC)c1)C(=O)CN(c1cc(C)ccc1C)S(=O)(=O)c1ccccc1. The van der Waals surface area contributed by atoms with Gasteiger partial charge >= 0.3 is 0 Å². The van der Waals surface area contributed by atoms with Crippen molar-refractivity contribution in [3.05, 3.63) is 125 Å². The Kier molecular flexibility index (Phi) is 12.0. The predicted octanol–water partition coefficient (Wildman–Crippen LogP) is 6.06. The van der Waals surface area contributed by atoms with Crippen molar-refractivity contribution < 1.29 is 22.7 Å². The fraction of sp³-hybridized carbons (Fsp3) is 0.297. The lowest BCUT2D eigenvalue weighted by molar-refractivity contribution is -0.140. The van der Waals surface area contributed by atoms with Crippen molar-refractivity contribution in [2.45, 2.75) is 57.5 Å². The smallest absolute Gasteiger partial charge is 0.264 e. The first kappa shape index (κ1) is 34.2. The summed E-state index contributed by atoms with van der Waals surface area (Å²) >= 11 is 0. The van der Waals surface area contributed by atoms with Crippen molar-refractivity contribution in [3.8, 4) is 5.75 Å². The second-order valence-corrected chi connectivity index (χ2v) is 13.2. The second kappa shape index (κ2) is 16.1. The monoisotopic (exact) mass is 641 g/mol. The number of sulfonamides is 1. The van der Waals surface area contributed by atoms with Crippen molar-refractivity contribution in [3.63, 3.8) is 0 Å². The van der Waals surface area contributed by atoms with E-state index >= 15 is 0 Å². The molecule has 1 atom stereocenters. The molecule has 2 amide bonds. The van der Waals surface area contributed by atoms with Gasteiger partial charge in [0.25, 0.3) is 10.0 Å². The van der Waals surface area contributed by atoms with Crippen LogP contribution in [-0.2, 0) is 32.6 Å². The first-order chi connectivity index (χ1) is 22.1. The van der Waals surface area contributed by atoms with E-state index < -0.39 is 28.5 Å². The van der Waals surface area contributed by atoms with Crippen LogP contribution in [0.1, 0.15) is 42.0 Å². The van der Waals surface area contributed by atoms with Crippen molar-refractivity contribution in [1.82, 2.24) is 10.2 Å². The molecule has 0 heterocycles. The molecule has 4 rings (SSSR count). The summed E-state index contributed by atoms with van der Waals surface area (Å²) < 4.78 is 35.1. The minimum atomic E-state index is -4.16. The lowest BCUT2D eigenvalue weighted by Gasteiger charge is -2.34. The summed E-state index contributed by atoms with van der Waals surface area (Å²) in [7, 11) is -2.60. The highest BCUT2D eigenvalue weighted by molar-refractivity contribution is 7.92. The molecule has 0 radical (unpaired) electrons. The first-order valence-electron chi connectivity index (χ1n) is 15.5. The Labute approximate surface area is 273 Å². The normalized spacial score (nSPS) is 11.8. The summed E-state index contributed by atoms with van der Waals surface area (Å²) in [6.45, 7) is 5.78. The molecule has 0 aliphatic carbocycles. The van der Waals surface area contributed by atoms with Gasteiger partial charge in [0.1, 0.15) is 18.3 Å². The van der Waals surface area contributed by atoms with E-state index in [1.54, 1.807) is 31.4 Å². The standard InChI is InChI=1S/C37H43N3O5S/c1-5-6-22-38-37(42)35(25-30-14-9-7-10-15-30)39(26-31-16-13-17-32(24-31)45-4)36(41)27-40(34-23-28(2)20-21-29(34)3)46(43,44)33-18-11-8-12-19-33/h7-21,23-24,35H,5-6,22,25-27H2,1-4H3,(H,38,42)/t35-/m0/s1. The van der Waals surface area contributed by atoms with Crippen LogP contribution >= 0.6 is 0 Å². The van der Waals surface area contributed by atoms with Crippen LogP contribution < -0.4 is 14.4 Å². The number of aryl methyl sites for hydroxylation is 2. The number of benzene rings is 4. The van der Waals surface area contributed by atoms with Gasteiger partial charge in [-0.15, -0.1) is 0 Å². The third-order valence-corrected chi connectivity index (χ3v) is 9.61. The number of carbonyl (C=O) groups is 2. The summed E-state index contributed by atoms with van der Waals surface area (Å²) in [5, 5.41) is 3.02. The molecule has 0 saturated carbocycles. The topological polar surface area (TPSA) is 96.0 Å². The average molecular weight is 642 g/mol. The van der Waals surface area contributed by atoms with Crippen molar-refractivity contribution in [2.24, 2.45) is 0 Å². The molecule has 4 aromatic carbocycles. The largest absolute Gasteiger partial charge is 0.497 e. The van der Waals surface area contributed by atoms with Crippen molar-refractivity contribution in [1.29, 1.82) is 0 Å². The Bertz CT molecular complexity index is 1710. The maximum absolute atomic E-state index is 14.6. The highest BCUT2D eigenvalue weighted by atomic mass is 32.2. The van der Waals surface area contributed by atoms with Crippen molar-refractivity contribution in [2.75, 3.05) is 24.5 Å². The van der Waals surface area contributed by atoms with Crippen LogP contribution in [0.15, 0.2) is 108 Å². The van der Waals surface area contributed by atoms with Crippen LogP contribution in [0, 0.1) is 13.8 Å². The number of amides is 2. The zero-order chi connectivity index (χ0) is 33.1. The van der Waals surface area contributed by atoms with Gasteiger partial charge in [0.05, 0.1) is 17.7 Å². The molecule has 0 saturated heterocycles. The van der Waals surface area contributed by atoms with Gasteiger partial charge < -0.3 is 15.0 Å². The fourth-order valence-electron chi connectivity index (χ4n) is 5.25. The maximum Gasteiger partial charge on any atom is 0.264 e. The van der Waals surface area contributed by atoms with Crippen LogP contribution in [0.3, 0.4) is 0 Å². The molecule has 0 bridgehead atoms. The lowest BCUT2D eigenvalue weighted by atomic mass is 10.0. The summed E-state index contributed by atoms with van der Waals surface area (Å²) in [6, 6.07) is 29.5. The van der Waals surface area contributed by atoms with E-state index in [9.17, 15) is 18.0 Å². The second-order valence-electron chi connectivity index (χ2n) is 11.3. The number of nitrogens with zero attached hydrogens (tertiary/aromatic N) is 2. The molecular formula is C37H43N3O5S. The molecule has 0 unspecified atom stereocenters. The zero-order valence-corrected chi connectivity index (χ0v) is 27.8. The number of anilines is 1. The molecule has 0 fully saturated rings. The minimum Gasteiger partial charge on any atom is -0.497 e. The third kappa shape index (κ3) is 8.75. The number of hydrogen-bond donors (Lipinski definition) is 1. The number of hydrogen-bond acceptors (Lipinski definition) is 5. The molecule has 242 valence electrons. The van der Waals surface area contributed by atoms with Gasteiger partial charge in [-0.3, -0.25) is 13.9 Å². The summed E-state index contributed by atoms with van der Waals surface area (Å²) in [4.78, 5) is 30.1. The number of methoxy groups -OCH3 is 1. The Morgan fingerprint density at radius 1 is 0.848 bits per heavy atom. The van der Waals surface area contributed by atoms with E-state index in [0.717, 1.165) is 29.5 Å². The molecule has 1 N–H and O–H groups in total. The maximum atomic E-state index is 14.6. The number of ether oxygens (including phenoxy) is 1. The van der Waals surface area contributed by atoms with Gasteiger partial charge in [0.2, 0.25) is 11.8 Å². The molecule has 9 heteroatoms. The van der Waals surface area contributed by atoms with Gasteiger partial charge in [-0.05, 0) is 72.9 Å². The van der Waals surface area contributed by atoms with Crippen LogP contribution in [0.2, 0.25) is 0 Å². The van der Waals surface area contributed by atoms with Crippen LogP contribution in [0.5, 0.6) is 5.75 Å². The van der Waals surface area contributed by atoms with E-state index in [-0.39, 0.29) is 23.8 Å². The Morgan fingerprint density at radius 2 is 1.52 bits per heavy atom. The van der Waals surface area contributed by atoms with E-state index in [0.29, 0.717) is 23.5 Å². The Balaban J connectivity index is 1.82. The summed E-state index contributed by atoms with van der Waals surface area (Å²) in [5.74, 6) is -0.187. The van der Waals surface area contributed by atoms with E-state index in [2.05, 4.69) is 5.32 Å². The zero-order valence-electron chi connectivity index (χ0n) is 27.0. The number of rotatable bonds is 15. The summed E-state index contributed by atoms with van der Waals surface area (Å²) in [6.07, 6.45) is 1.95. The van der Waals surface area contributed by atoms with Crippen LogP contribution in [0.4, 0.5) is 5.69 Å². The van der Waals surface area contributed by atoms with E-state index in [1.807, 2.05) is 87.5 Å². The fourth-order valence-corrected chi connectivity index (χ4v) is 6.74. The number of unbranched alkanes of at least 4 members (excludes halogenated alkanes) is 1. The van der Waals surface area contributed by atoms with Crippen molar-refractivity contribution >= 4 is 27.5 Å². The van der Waals surface area contributed by atoms with E-state index in [4.69, 9.17) is 4.74 Å². The van der Waals surface area contributed by atoms with Gasteiger partial charge in [-0.25, -0.2) is 8.42 Å². The van der Waals surface area contributed by atoms with E-state index in [1.165, 1.54) is 21.3 Å². The first-order valence-corrected chi connectivity index (χ1v) is 17.0. The predicted molar refractivity (Wildman–Crippen MR) is 182 cm³/mol. The van der Waals surface area contributed by atoms with Crippen LogP contribution in [-0.4, -0.2) is 51.4 Å². The minimum absolute atomic E-state index is 0.0702. The lowest BCUT2D eigenvalue weighted by Crippen LogP contribution is -2.53. The quantitative estimate of drug-likeness (QED) is 0.159. The van der Waals surface area contributed by atoms with Crippen LogP contribution in [0.25, 0.3) is 0 Å². The molecule has 0 aromatic heterocycles. The molecule has 4 aromatic rings. The average Bonchev–Trinajstić information content (AvgIpc) is 3.07. The highest BCUT2D eigenvalue weighted by Crippen LogP contribution is 2.29. The summed E-state index contributed by atoms with van der Waals surface area (Å²) in [5.41, 5.74) is 3.59. The van der Waals surface area contributed by atoms with Gasteiger partial charge in [0, 0.05) is 19.5 Å². The highest BCUT2D eigenvalue weighted by Gasteiger charge is 2.35. The number of carbonyl (C=O) groups excluding carboxylic acids is 2. The number of nitrogens with one attached hydrogen (secondary N) is 1.